The second-order valence-corrected chi connectivity index (χ2v) is 28.4. The number of carbonyl (C=O) groups is 2. The highest BCUT2D eigenvalue weighted by molar-refractivity contribution is 5.80. The van der Waals surface area contributed by atoms with E-state index in [-0.39, 0.29) is 30.6 Å². The molecule has 29 nitrogen and oxygen atoms in total. The van der Waals surface area contributed by atoms with E-state index in [0.29, 0.717) is 32.1 Å². The Morgan fingerprint density at radius 3 is 1.91 bits per heavy atom. The van der Waals surface area contributed by atoms with E-state index in [1.165, 1.54) is 6.92 Å². The Hall–Kier alpha value is -2.32. The molecule has 0 amide bonds. The molecule has 5 saturated heterocycles. The van der Waals surface area contributed by atoms with E-state index in [1.807, 2.05) is 6.92 Å². The maximum absolute atomic E-state index is 15.6. The van der Waals surface area contributed by atoms with Crippen molar-refractivity contribution >= 4 is 11.9 Å². The van der Waals surface area contributed by atoms with Gasteiger partial charge in [0.2, 0.25) is 6.29 Å². The van der Waals surface area contributed by atoms with Crippen LogP contribution >= 0.6 is 0 Å². The molecule has 0 aromatic carbocycles. The lowest BCUT2D eigenvalue weighted by Crippen LogP contribution is -2.71. The van der Waals surface area contributed by atoms with Crippen molar-refractivity contribution in [1.82, 2.24) is 0 Å². The summed E-state index contributed by atoms with van der Waals surface area (Å²) >= 11 is 0. The minimum atomic E-state index is -2.10. The van der Waals surface area contributed by atoms with Crippen LogP contribution in [0.1, 0.15) is 99.8 Å². The van der Waals surface area contributed by atoms with Crippen molar-refractivity contribution < 1.29 is 143 Å². The van der Waals surface area contributed by atoms with E-state index < -0.39 is 244 Å². The Morgan fingerprint density at radius 2 is 1.26 bits per heavy atom. The zero-order valence-corrected chi connectivity index (χ0v) is 50.7. The molecule has 31 atom stereocenters. The van der Waals surface area contributed by atoms with Crippen LogP contribution in [0.2, 0.25) is 0 Å². The van der Waals surface area contributed by atoms with Gasteiger partial charge < -0.3 is 134 Å². The van der Waals surface area contributed by atoms with Gasteiger partial charge in [0.05, 0.1) is 70.7 Å². The van der Waals surface area contributed by atoms with Crippen LogP contribution in [0.25, 0.3) is 0 Å². The highest BCUT2D eigenvalue weighted by Gasteiger charge is 2.74. The fourth-order valence-corrected chi connectivity index (χ4v) is 17.7. The van der Waals surface area contributed by atoms with Crippen molar-refractivity contribution in [3.8, 4) is 0 Å². The molecule has 10 aliphatic rings. The smallest absolute Gasteiger partial charge is 0.317 e. The molecule has 5 aliphatic heterocycles. The molecule has 88 heavy (non-hydrogen) atoms. The first-order valence-corrected chi connectivity index (χ1v) is 30.8. The van der Waals surface area contributed by atoms with Crippen molar-refractivity contribution in [3.05, 3.63) is 11.6 Å². The van der Waals surface area contributed by atoms with E-state index in [1.54, 1.807) is 0 Å². The predicted octanol–water partition coefficient (Wildman–Crippen LogP) is -4.81. The lowest BCUT2D eigenvalue weighted by molar-refractivity contribution is -0.372. The first-order valence-electron chi connectivity index (χ1n) is 30.8. The fraction of sp³-hybridized carbons (Fsp3) is 0.932. The summed E-state index contributed by atoms with van der Waals surface area (Å²) in [5, 5.41) is 178. The first-order chi connectivity index (χ1) is 41.3. The maximum atomic E-state index is 15.6. The molecule has 5 aliphatic carbocycles. The average Bonchev–Trinajstić information content (AvgIpc) is 0.732. The molecular weight excluding hydrogens is 1170 g/mol. The number of fused-ring (bicyclic) bond motifs is 7. The van der Waals surface area contributed by atoms with Gasteiger partial charge in [0.15, 0.2) is 37.4 Å². The molecule has 4 saturated carbocycles. The number of hydrogen-bond acceptors (Lipinski definition) is 29. The van der Waals surface area contributed by atoms with Gasteiger partial charge in [-0.2, -0.15) is 0 Å². The molecule has 31 unspecified atom stereocenters. The van der Waals surface area contributed by atoms with E-state index >= 15 is 4.79 Å². The highest BCUT2D eigenvalue weighted by Crippen LogP contribution is 2.76. The summed E-state index contributed by atoms with van der Waals surface area (Å²) in [5.74, 6) is -3.26. The first kappa shape index (κ1) is 68.5. The van der Waals surface area contributed by atoms with E-state index in [0.717, 1.165) is 12.5 Å². The Balaban J connectivity index is 0.886. The molecule has 0 aromatic heterocycles. The third kappa shape index (κ3) is 11.1. The molecule has 5 heterocycles. The number of rotatable bonds is 15. The summed E-state index contributed by atoms with van der Waals surface area (Å²) in [6.07, 6.45) is -33.2. The average molecular weight is 1270 g/mol. The van der Waals surface area contributed by atoms with Gasteiger partial charge in [0.25, 0.3) is 0 Å². The summed E-state index contributed by atoms with van der Waals surface area (Å²) in [5.41, 5.74) is -7.00. The number of aliphatic hydroxyl groups is 16. The lowest BCUT2D eigenvalue weighted by Gasteiger charge is -2.72. The number of allylic oxidation sites excluding steroid dienone is 2. The largest absolute Gasteiger partial charge is 0.454 e. The molecule has 504 valence electrons. The topological polar surface area (TPSA) is 459 Å². The Morgan fingerprint density at radius 1 is 0.602 bits per heavy atom. The van der Waals surface area contributed by atoms with Gasteiger partial charge in [-0.05, 0) is 97.7 Å². The van der Waals surface area contributed by atoms with Gasteiger partial charge in [-0.25, -0.2) is 0 Å². The monoisotopic (exact) mass is 1270 g/mol. The minimum Gasteiger partial charge on any atom is -0.454 e. The van der Waals surface area contributed by atoms with E-state index in [4.69, 9.17) is 52.1 Å². The third-order valence-corrected chi connectivity index (χ3v) is 22.9. The van der Waals surface area contributed by atoms with Crippen molar-refractivity contribution in [2.45, 2.75) is 247 Å². The minimum absolute atomic E-state index is 0.0607. The van der Waals surface area contributed by atoms with Gasteiger partial charge >= 0.3 is 11.9 Å². The Kier molecular flexibility index (Phi) is 19.6. The predicted molar refractivity (Wildman–Crippen MR) is 291 cm³/mol. The van der Waals surface area contributed by atoms with Crippen LogP contribution in [-0.2, 0) is 61.7 Å². The quantitative estimate of drug-likeness (QED) is 0.0416. The van der Waals surface area contributed by atoms with E-state index in [9.17, 15) is 86.5 Å². The van der Waals surface area contributed by atoms with Crippen molar-refractivity contribution in [2.24, 2.45) is 50.2 Å². The van der Waals surface area contributed by atoms with E-state index in [2.05, 4.69) is 33.8 Å². The normalized spacial score (nSPS) is 52.5. The van der Waals surface area contributed by atoms with Gasteiger partial charge in [0, 0.05) is 12.3 Å². The SMILES string of the molecule is CC(=O)OC1C(OC2C(OC(=O)C34CCC(C)(C)CC3C3=CCC5C6(C)CC(O)C(OC7OC(CO)C(O)C(O)C7O)C(CO)(CO)C6CCC5(C)C3(C)CC4O)OCC(O)C2O)OC(C)C(OC2OCC(O)C(OC3OCC(O)(CO)C3O)C2O)C1O. The maximum Gasteiger partial charge on any atom is 0.317 e. The van der Waals surface area contributed by atoms with Crippen LogP contribution in [0.5, 0.6) is 0 Å². The molecule has 0 aromatic rings. The summed E-state index contributed by atoms with van der Waals surface area (Å²) in [6.45, 7) is 8.32. The van der Waals surface area contributed by atoms with Crippen LogP contribution in [0.3, 0.4) is 0 Å². The number of carbonyl (C=O) groups excluding carboxylic acids is 2. The number of hydrogen-bond donors (Lipinski definition) is 16. The second kappa shape index (κ2) is 25.1. The van der Waals surface area contributed by atoms with Gasteiger partial charge in [-0.3, -0.25) is 9.59 Å². The van der Waals surface area contributed by atoms with Gasteiger partial charge in [-0.15, -0.1) is 0 Å². The molecule has 29 heteroatoms. The zero-order valence-electron chi connectivity index (χ0n) is 50.7. The third-order valence-electron chi connectivity index (χ3n) is 22.9. The fourth-order valence-electron chi connectivity index (χ4n) is 17.7. The standard InChI is InChI=1S/C59H94O29/c1-24-41(84-47-40(74)42(30(67)19-78-47)85-51-45(75)58(77,22-63)23-80-51)39(73)44(82-25(2)64)50(81-24)86-43-35(69)29(66)18-79-49(43)88-52(76)59-13-12-53(3,4)14-27(59)26-8-9-32-54(5)15-28(65)46(87-48-38(72)37(71)36(70)31(17-60)83-48)57(20-61,21-62)33(54)10-11-55(32,6)56(26,7)16-34(59)68/h8,24,27-51,60-63,65-75,77H,9-23H2,1-7H3. The van der Waals surface area contributed by atoms with Gasteiger partial charge in [-0.1, -0.05) is 46.3 Å². The van der Waals surface area contributed by atoms with Gasteiger partial charge in [0.1, 0.15) is 84.3 Å². The van der Waals surface area contributed by atoms with Crippen LogP contribution < -0.4 is 0 Å². The van der Waals surface area contributed by atoms with Crippen LogP contribution in [0.15, 0.2) is 11.6 Å². The lowest BCUT2D eigenvalue weighted by atomic mass is 9.33. The zero-order chi connectivity index (χ0) is 64.3. The summed E-state index contributed by atoms with van der Waals surface area (Å²) in [4.78, 5) is 28.3. The second-order valence-electron chi connectivity index (χ2n) is 28.4. The Bertz CT molecular complexity index is 2500. The molecule has 10 rings (SSSR count). The van der Waals surface area contributed by atoms with Crippen molar-refractivity contribution in [3.63, 3.8) is 0 Å². The van der Waals surface area contributed by atoms with Crippen molar-refractivity contribution in [1.29, 1.82) is 0 Å². The number of aliphatic hydroxyl groups excluding tert-OH is 15. The Labute approximate surface area is 508 Å². The van der Waals surface area contributed by atoms with Crippen LogP contribution in [-0.4, -0.2) is 287 Å². The van der Waals surface area contributed by atoms with Crippen LogP contribution in [0.4, 0.5) is 0 Å². The van der Waals surface area contributed by atoms with Crippen LogP contribution in [0, 0.1) is 50.2 Å². The molecule has 0 bridgehead atoms. The van der Waals surface area contributed by atoms with Crippen molar-refractivity contribution in [2.75, 3.05) is 46.2 Å². The molecule has 16 N–H and O–H groups in total. The number of ether oxygens (including phenoxy) is 11. The summed E-state index contributed by atoms with van der Waals surface area (Å²) < 4.78 is 64.7. The summed E-state index contributed by atoms with van der Waals surface area (Å²) in [6, 6.07) is 0. The molecule has 0 spiro atoms. The molecule has 0 radical (unpaired) electrons. The number of esters is 2. The molecular formula is C59H94O29. The molecule has 9 fully saturated rings. The summed E-state index contributed by atoms with van der Waals surface area (Å²) in [7, 11) is 0. The highest BCUT2D eigenvalue weighted by atomic mass is 16.8.